The van der Waals surface area contributed by atoms with Crippen LogP contribution in [0.1, 0.15) is 11.3 Å². The molecule has 0 saturated carbocycles. The van der Waals surface area contributed by atoms with Crippen molar-refractivity contribution < 1.29 is 8.42 Å². The maximum absolute atomic E-state index is 12.0. The Morgan fingerprint density at radius 3 is 2.60 bits per heavy atom. The number of nitrogens with zero attached hydrogens (tertiary/aromatic N) is 3. The van der Waals surface area contributed by atoms with Crippen molar-refractivity contribution in [2.75, 3.05) is 54.8 Å². The van der Waals surface area contributed by atoms with E-state index in [2.05, 4.69) is 31.8 Å². The number of hydrogen-bond donors (Lipinski definition) is 3. The standard InChI is InChI=1S/C21H26N6O2S/c1-26-8-10-27(11-9-26)21-14-19-17(13-20(21)25-30(2,28)29)18(23-24-19)7-6-15-4-3-5-16(22)12-15/h3-7,12-14,25H,8-11,22H2,1-2H3,(H,23,24). The lowest BCUT2D eigenvalue weighted by Gasteiger charge is -2.35. The van der Waals surface area contributed by atoms with Crippen LogP contribution in [0.5, 0.6) is 0 Å². The highest BCUT2D eigenvalue weighted by molar-refractivity contribution is 7.92. The number of fused-ring (bicyclic) bond motifs is 1. The number of benzene rings is 2. The van der Waals surface area contributed by atoms with Crippen molar-refractivity contribution in [3.8, 4) is 0 Å². The second-order valence-electron chi connectivity index (χ2n) is 7.69. The molecule has 0 atom stereocenters. The normalized spacial score (nSPS) is 15.9. The van der Waals surface area contributed by atoms with Crippen LogP contribution >= 0.6 is 0 Å². The maximum Gasteiger partial charge on any atom is 0.229 e. The molecule has 1 aliphatic rings. The molecule has 0 unspecified atom stereocenters. The predicted molar refractivity (Wildman–Crippen MR) is 124 cm³/mol. The summed E-state index contributed by atoms with van der Waals surface area (Å²) >= 11 is 0. The minimum Gasteiger partial charge on any atom is -0.399 e. The number of nitrogens with one attached hydrogen (secondary N) is 2. The molecule has 0 amide bonds. The number of nitrogen functional groups attached to an aromatic ring is 1. The number of rotatable bonds is 5. The van der Waals surface area contributed by atoms with Gasteiger partial charge in [0.1, 0.15) is 0 Å². The summed E-state index contributed by atoms with van der Waals surface area (Å²) in [5.74, 6) is 0. The largest absolute Gasteiger partial charge is 0.399 e. The van der Waals surface area contributed by atoms with Gasteiger partial charge in [0.15, 0.2) is 0 Å². The van der Waals surface area contributed by atoms with Crippen LogP contribution in [0.25, 0.3) is 23.1 Å². The smallest absolute Gasteiger partial charge is 0.229 e. The Kier molecular flexibility index (Phi) is 5.40. The monoisotopic (exact) mass is 426 g/mol. The fourth-order valence-corrected chi connectivity index (χ4v) is 4.19. The molecule has 1 aliphatic heterocycles. The number of aromatic nitrogens is 2. The Balaban J connectivity index is 1.74. The van der Waals surface area contributed by atoms with Gasteiger partial charge in [0.25, 0.3) is 0 Å². The summed E-state index contributed by atoms with van der Waals surface area (Å²) in [5, 5.41) is 8.34. The van der Waals surface area contributed by atoms with E-state index in [1.54, 1.807) is 0 Å². The van der Waals surface area contributed by atoms with Crippen LogP contribution < -0.4 is 15.4 Å². The van der Waals surface area contributed by atoms with Crippen LogP contribution in [0.2, 0.25) is 0 Å². The Bertz CT molecular complexity index is 1190. The van der Waals surface area contributed by atoms with Crippen LogP contribution in [-0.2, 0) is 10.0 Å². The summed E-state index contributed by atoms with van der Waals surface area (Å²) in [7, 11) is -1.34. The van der Waals surface area contributed by atoms with Gasteiger partial charge in [0.05, 0.1) is 28.8 Å². The SMILES string of the molecule is CN1CCN(c2cc3[nH]nc(C=Cc4cccc(N)c4)c3cc2NS(C)(=O)=O)CC1. The molecular formula is C21H26N6O2S. The number of H-pyrrole nitrogens is 1. The third-order valence-corrected chi connectivity index (χ3v) is 5.78. The van der Waals surface area contributed by atoms with Gasteiger partial charge in [0, 0.05) is 37.3 Å². The van der Waals surface area contributed by atoms with E-state index in [0.29, 0.717) is 11.4 Å². The molecule has 0 bridgehead atoms. The number of anilines is 3. The third kappa shape index (κ3) is 4.58. The van der Waals surface area contributed by atoms with Gasteiger partial charge >= 0.3 is 0 Å². The van der Waals surface area contributed by atoms with Crippen molar-refractivity contribution in [2.45, 2.75) is 0 Å². The fourth-order valence-electron chi connectivity index (χ4n) is 3.63. The number of piperazine rings is 1. The average Bonchev–Trinajstić information content (AvgIpc) is 3.07. The Labute approximate surface area is 176 Å². The third-order valence-electron chi connectivity index (χ3n) is 5.19. The van der Waals surface area contributed by atoms with Crippen LogP contribution in [0.15, 0.2) is 36.4 Å². The van der Waals surface area contributed by atoms with E-state index in [1.807, 2.05) is 48.6 Å². The zero-order valence-electron chi connectivity index (χ0n) is 17.1. The van der Waals surface area contributed by atoms with Gasteiger partial charge in [-0.2, -0.15) is 5.10 Å². The van der Waals surface area contributed by atoms with Crippen LogP contribution in [-0.4, -0.2) is 63.0 Å². The number of hydrogen-bond acceptors (Lipinski definition) is 6. The van der Waals surface area contributed by atoms with Crippen molar-refractivity contribution in [1.29, 1.82) is 0 Å². The van der Waals surface area contributed by atoms with Crippen LogP contribution in [0.4, 0.5) is 17.1 Å². The summed E-state index contributed by atoms with van der Waals surface area (Å²) in [6.45, 7) is 3.51. The molecule has 158 valence electrons. The highest BCUT2D eigenvalue weighted by Crippen LogP contribution is 2.33. The molecular weight excluding hydrogens is 400 g/mol. The molecule has 2 heterocycles. The Hall–Kier alpha value is -3.04. The van der Waals surface area contributed by atoms with E-state index in [0.717, 1.165) is 54.0 Å². The molecule has 1 aromatic heterocycles. The van der Waals surface area contributed by atoms with Gasteiger partial charge in [-0.3, -0.25) is 9.82 Å². The summed E-state index contributed by atoms with van der Waals surface area (Å²) in [6, 6.07) is 11.4. The number of sulfonamides is 1. The van der Waals surface area contributed by atoms with Crippen molar-refractivity contribution >= 4 is 50.1 Å². The van der Waals surface area contributed by atoms with Crippen molar-refractivity contribution in [2.24, 2.45) is 0 Å². The lowest BCUT2D eigenvalue weighted by atomic mass is 10.1. The quantitative estimate of drug-likeness (QED) is 0.541. The lowest BCUT2D eigenvalue weighted by molar-refractivity contribution is 0.313. The van der Waals surface area contributed by atoms with Gasteiger partial charge in [-0.15, -0.1) is 0 Å². The maximum atomic E-state index is 12.0. The van der Waals surface area contributed by atoms with Gasteiger partial charge in [-0.25, -0.2) is 8.42 Å². The molecule has 2 aromatic carbocycles. The van der Waals surface area contributed by atoms with Gasteiger partial charge in [-0.05, 0) is 43.0 Å². The average molecular weight is 427 g/mol. The molecule has 4 N–H and O–H groups in total. The molecule has 4 rings (SSSR count). The first kappa shape index (κ1) is 20.2. The Morgan fingerprint density at radius 1 is 1.13 bits per heavy atom. The molecule has 0 radical (unpaired) electrons. The van der Waals surface area contributed by atoms with E-state index in [1.165, 1.54) is 6.26 Å². The molecule has 1 saturated heterocycles. The number of likely N-dealkylation sites (N-methyl/N-ethyl adjacent to an activating group) is 1. The van der Waals surface area contributed by atoms with E-state index in [9.17, 15) is 8.42 Å². The zero-order chi connectivity index (χ0) is 21.3. The van der Waals surface area contributed by atoms with Crippen LogP contribution in [0, 0.1) is 0 Å². The van der Waals surface area contributed by atoms with Crippen molar-refractivity contribution in [3.05, 3.63) is 47.7 Å². The molecule has 9 heteroatoms. The molecule has 30 heavy (non-hydrogen) atoms. The van der Waals surface area contributed by atoms with E-state index in [4.69, 9.17) is 5.73 Å². The zero-order valence-corrected chi connectivity index (χ0v) is 17.9. The second-order valence-corrected chi connectivity index (χ2v) is 9.44. The van der Waals surface area contributed by atoms with E-state index >= 15 is 0 Å². The summed E-state index contributed by atoms with van der Waals surface area (Å²) < 4.78 is 26.7. The summed E-state index contributed by atoms with van der Waals surface area (Å²) in [5.41, 5.74) is 10.5. The number of aromatic amines is 1. The molecule has 0 spiro atoms. The van der Waals surface area contributed by atoms with Crippen molar-refractivity contribution in [1.82, 2.24) is 15.1 Å². The second kappa shape index (κ2) is 8.00. The van der Waals surface area contributed by atoms with Crippen LogP contribution in [0.3, 0.4) is 0 Å². The van der Waals surface area contributed by atoms with Gasteiger partial charge < -0.3 is 15.5 Å². The first-order valence-electron chi connectivity index (χ1n) is 9.75. The molecule has 1 fully saturated rings. The lowest BCUT2D eigenvalue weighted by Crippen LogP contribution is -2.44. The highest BCUT2D eigenvalue weighted by atomic mass is 32.2. The van der Waals surface area contributed by atoms with E-state index in [-0.39, 0.29) is 0 Å². The molecule has 8 nitrogen and oxygen atoms in total. The molecule has 0 aliphatic carbocycles. The minimum absolute atomic E-state index is 0.564. The molecule has 3 aromatic rings. The topological polar surface area (TPSA) is 107 Å². The first-order valence-corrected chi connectivity index (χ1v) is 11.6. The van der Waals surface area contributed by atoms with Gasteiger partial charge in [0.2, 0.25) is 10.0 Å². The van der Waals surface area contributed by atoms with Gasteiger partial charge in [-0.1, -0.05) is 18.2 Å². The minimum atomic E-state index is -3.42. The Morgan fingerprint density at radius 2 is 1.90 bits per heavy atom. The summed E-state index contributed by atoms with van der Waals surface area (Å²) in [4.78, 5) is 4.46. The fraction of sp³-hybridized carbons (Fsp3) is 0.286. The first-order chi connectivity index (χ1) is 14.3. The van der Waals surface area contributed by atoms with Crippen molar-refractivity contribution in [3.63, 3.8) is 0 Å². The van der Waals surface area contributed by atoms with E-state index < -0.39 is 10.0 Å². The number of nitrogens with two attached hydrogens (primary N) is 1. The summed E-state index contributed by atoms with van der Waals surface area (Å²) in [6.07, 6.45) is 5.00. The predicted octanol–water partition coefficient (Wildman–Crippen LogP) is 2.44. The highest BCUT2D eigenvalue weighted by Gasteiger charge is 2.20.